The van der Waals surface area contributed by atoms with Crippen molar-refractivity contribution in [3.05, 3.63) is 29.3 Å². The van der Waals surface area contributed by atoms with Crippen LogP contribution in [0, 0.1) is 0 Å². The van der Waals surface area contributed by atoms with E-state index in [4.69, 9.17) is 9.47 Å². The van der Waals surface area contributed by atoms with Gasteiger partial charge in [-0.2, -0.15) is 0 Å². The maximum Gasteiger partial charge on any atom is 0.123 e. The van der Waals surface area contributed by atoms with E-state index in [1.807, 2.05) is 6.07 Å². The summed E-state index contributed by atoms with van der Waals surface area (Å²) in [5.74, 6) is 0.966. The van der Waals surface area contributed by atoms with E-state index in [1.54, 1.807) is 14.2 Å². The van der Waals surface area contributed by atoms with Crippen molar-refractivity contribution >= 4 is 0 Å². The molecule has 0 atom stereocenters. The zero-order chi connectivity index (χ0) is 12.8. The first kappa shape index (κ1) is 13.3. The van der Waals surface area contributed by atoms with Crippen LogP contribution in [0.5, 0.6) is 5.75 Å². The Morgan fingerprint density at radius 1 is 1.22 bits per heavy atom. The fourth-order valence-electron chi connectivity index (χ4n) is 2.32. The van der Waals surface area contributed by atoms with Gasteiger partial charge in [-0.25, -0.2) is 0 Å². The molecule has 0 unspecified atom stereocenters. The first-order chi connectivity index (χ1) is 8.83. The molecule has 0 spiro atoms. The van der Waals surface area contributed by atoms with Gasteiger partial charge in [0.25, 0.3) is 0 Å². The van der Waals surface area contributed by atoms with Crippen LogP contribution < -0.4 is 10.1 Å². The molecule has 2 rings (SSSR count). The van der Waals surface area contributed by atoms with Gasteiger partial charge >= 0.3 is 0 Å². The molecule has 1 aliphatic rings. The van der Waals surface area contributed by atoms with Crippen molar-refractivity contribution in [3.8, 4) is 5.75 Å². The highest BCUT2D eigenvalue weighted by atomic mass is 16.5. The van der Waals surface area contributed by atoms with Crippen molar-refractivity contribution in [1.29, 1.82) is 0 Å². The molecule has 0 aliphatic carbocycles. The molecule has 1 aromatic carbocycles. The Hall–Kier alpha value is -1.10. The predicted molar refractivity (Wildman–Crippen MR) is 71.9 cm³/mol. The molecule has 0 saturated carbocycles. The smallest absolute Gasteiger partial charge is 0.123 e. The van der Waals surface area contributed by atoms with Gasteiger partial charge < -0.3 is 14.8 Å². The lowest BCUT2D eigenvalue weighted by molar-refractivity contribution is 0.184. The van der Waals surface area contributed by atoms with E-state index in [0.717, 1.165) is 38.5 Å². The van der Waals surface area contributed by atoms with Gasteiger partial charge in [0, 0.05) is 45.4 Å². The molecule has 0 radical (unpaired) electrons. The first-order valence-corrected chi connectivity index (χ1v) is 6.41. The Morgan fingerprint density at radius 2 is 2.00 bits per heavy atom. The Kier molecular flexibility index (Phi) is 4.99. The highest BCUT2D eigenvalue weighted by molar-refractivity contribution is 5.37. The third kappa shape index (κ3) is 3.45. The van der Waals surface area contributed by atoms with Gasteiger partial charge in [0.15, 0.2) is 0 Å². The molecule has 1 fully saturated rings. The Bertz CT molecular complexity index is 376. The Labute approximate surface area is 109 Å². The second-order valence-electron chi connectivity index (χ2n) is 4.61. The summed E-state index contributed by atoms with van der Waals surface area (Å²) in [4.78, 5) is 2.45. The molecule has 100 valence electrons. The predicted octanol–water partition coefficient (Wildman–Crippen LogP) is 1.25. The van der Waals surface area contributed by atoms with E-state index in [2.05, 4.69) is 22.3 Å². The number of nitrogens with one attached hydrogen (secondary N) is 1. The maximum atomic E-state index is 5.44. The molecule has 0 bridgehead atoms. The second-order valence-corrected chi connectivity index (χ2v) is 4.61. The molecule has 1 N–H and O–H groups in total. The van der Waals surface area contributed by atoms with Crippen molar-refractivity contribution in [1.82, 2.24) is 10.2 Å². The molecule has 1 aromatic rings. The van der Waals surface area contributed by atoms with Crippen molar-refractivity contribution in [2.75, 3.05) is 40.4 Å². The minimum absolute atomic E-state index is 0.651. The van der Waals surface area contributed by atoms with Gasteiger partial charge in [0.05, 0.1) is 13.7 Å². The third-order valence-corrected chi connectivity index (χ3v) is 3.26. The molecule has 1 saturated heterocycles. The molecule has 4 heteroatoms. The van der Waals surface area contributed by atoms with Crippen LogP contribution in [-0.2, 0) is 17.9 Å². The van der Waals surface area contributed by atoms with Crippen molar-refractivity contribution < 1.29 is 9.47 Å². The summed E-state index contributed by atoms with van der Waals surface area (Å²) < 4.78 is 10.6. The first-order valence-electron chi connectivity index (χ1n) is 6.41. The van der Waals surface area contributed by atoms with Crippen LogP contribution >= 0.6 is 0 Å². The highest BCUT2D eigenvalue weighted by Crippen LogP contribution is 2.22. The van der Waals surface area contributed by atoms with E-state index >= 15 is 0 Å². The lowest BCUT2D eigenvalue weighted by Crippen LogP contribution is -2.42. The molecule has 18 heavy (non-hydrogen) atoms. The zero-order valence-corrected chi connectivity index (χ0v) is 11.2. The van der Waals surface area contributed by atoms with Gasteiger partial charge in [-0.15, -0.1) is 0 Å². The maximum absolute atomic E-state index is 5.44. The third-order valence-electron chi connectivity index (χ3n) is 3.26. The van der Waals surface area contributed by atoms with Gasteiger partial charge in [-0.05, 0) is 17.7 Å². The summed E-state index contributed by atoms with van der Waals surface area (Å²) >= 11 is 0. The normalized spacial score (nSPS) is 16.8. The summed E-state index contributed by atoms with van der Waals surface area (Å²) in [6, 6.07) is 6.28. The standard InChI is InChI=1S/C14H22N2O2/c1-17-11-12-3-4-14(18-2)13(9-12)10-16-7-5-15-6-8-16/h3-4,9,15H,5-8,10-11H2,1-2H3. The highest BCUT2D eigenvalue weighted by Gasteiger charge is 2.13. The number of methoxy groups -OCH3 is 2. The number of rotatable bonds is 5. The number of hydrogen-bond acceptors (Lipinski definition) is 4. The number of hydrogen-bond donors (Lipinski definition) is 1. The quantitative estimate of drug-likeness (QED) is 0.852. The van der Waals surface area contributed by atoms with E-state index in [-0.39, 0.29) is 0 Å². The summed E-state index contributed by atoms with van der Waals surface area (Å²) in [5.41, 5.74) is 2.44. The van der Waals surface area contributed by atoms with Crippen molar-refractivity contribution in [2.45, 2.75) is 13.2 Å². The number of piperazine rings is 1. The van der Waals surface area contributed by atoms with Crippen LogP contribution in [0.2, 0.25) is 0 Å². The average molecular weight is 250 g/mol. The molecular formula is C14H22N2O2. The molecular weight excluding hydrogens is 228 g/mol. The van der Waals surface area contributed by atoms with Gasteiger partial charge in [-0.1, -0.05) is 6.07 Å². The molecule has 1 heterocycles. The fraction of sp³-hybridized carbons (Fsp3) is 0.571. The number of ether oxygens (including phenoxy) is 2. The second kappa shape index (κ2) is 6.73. The minimum atomic E-state index is 0.651. The minimum Gasteiger partial charge on any atom is -0.496 e. The van der Waals surface area contributed by atoms with Crippen molar-refractivity contribution in [2.24, 2.45) is 0 Å². The lowest BCUT2D eigenvalue weighted by Gasteiger charge is -2.27. The van der Waals surface area contributed by atoms with E-state index in [1.165, 1.54) is 11.1 Å². The summed E-state index contributed by atoms with van der Waals surface area (Å²) in [6.07, 6.45) is 0. The van der Waals surface area contributed by atoms with Gasteiger partial charge in [-0.3, -0.25) is 4.90 Å². The molecule has 4 nitrogen and oxygen atoms in total. The summed E-state index contributed by atoms with van der Waals surface area (Å²) in [5, 5.41) is 3.37. The number of nitrogens with zero attached hydrogens (tertiary/aromatic N) is 1. The van der Waals surface area contributed by atoms with Gasteiger partial charge in [0.2, 0.25) is 0 Å². The topological polar surface area (TPSA) is 33.7 Å². The van der Waals surface area contributed by atoms with Crippen LogP contribution in [0.3, 0.4) is 0 Å². The van der Waals surface area contributed by atoms with Crippen LogP contribution in [0.25, 0.3) is 0 Å². The zero-order valence-electron chi connectivity index (χ0n) is 11.2. The molecule has 0 amide bonds. The molecule has 1 aliphatic heterocycles. The average Bonchev–Trinajstić information content (AvgIpc) is 2.41. The fourth-order valence-corrected chi connectivity index (χ4v) is 2.32. The lowest BCUT2D eigenvalue weighted by atomic mass is 10.1. The van der Waals surface area contributed by atoms with E-state index in [0.29, 0.717) is 6.61 Å². The van der Waals surface area contributed by atoms with Gasteiger partial charge in [0.1, 0.15) is 5.75 Å². The SMILES string of the molecule is COCc1ccc(OC)c(CN2CCNCC2)c1. The largest absolute Gasteiger partial charge is 0.496 e. The number of benzene rings is 1. The van der Waals surface area contributed by atoms with Crippen molar-refractivity contribution in [3.63, 3.8) is 0 Å². The Morgan fingerprint density at radius 3 is 2.67 bits per heavy atom. The summed E-state index contributed by atoms with van der Waals surface area (Å²) in [6.45, 7) is 5.93. The molecule has 0 aromatic heterocycles. The Balaban J connectivity index is 2.09. The monoisotopic (exact) mass is 250 g/mol. The van der Waals surface area contributed by atoms with Crippen LogP contribution in [0.4, 0.5) is 0 Å². The van der Waals surface area contributed by atoms with Crippen LogP contribution in [-0.4, -0.2) is 45.3 Å². The summed E-state index contributed by atoms with van der Waals surface area (Å²) in [7, 11) is 3.45. The van der Waals surface area contributed by atoms with Crippen LogP contribution in [0.15, 0.2) is 18.2 Å². The van der Waals surface area contributed by atoms with E-state index < -0.39 is 0 Å². The van der Waals surface area contributed by atoms with E-state index in [9.17, 15) is 0 Å². The van der Waals surface area contributed by atoms with Crippen LogP contribution in [0.1, 0.15) is 11.1 Å².